The Bertz CT molecular complexity index is 1570. The van der Waals surface area contributed by atoms with E-state index in [2.05, 4.69) is 81.0 Å². The van der Waals surface area contributed by atoms with Crippen molar-refractivity contribution in [1.82, 2.24) is 19.8 Å². The maximum atomic E-state index is 12.8. The minimum absolute atomic E-state index is 0.102. The fraction of sp³-hybridized carbons (Fsp3) is 0.543. The molecular weight excluding hydrogens is 551 g/mol. The number of hydrogen-bond donors (Lipinski definition) is 1. The minimum atomic E-state index is -0.526. The summed E-state index contributed by atoms with van der Waals surface area (Å²) in [6, 6.07) is 14.0. The van der Waals surface area contributed by atoms with Crippen LogP contribution in [0.4, 0.5) is 4.79 Å². The summed E-state index contributed by atoms with van der Waals surface area (Å²) < 4.78 is 18.7. The lowest BCUT2D eigenvalue weighted by Gasteiger charge is -2.32. The Morgan fingerprint density at radius 2 is 1.57 bits per heavy atom. The van der Waals surface area contributed by atoms with Gasteiger partial charge in [0.2, 0.25) is 0 Å². The Hall–Kier alpha value is -3.14. The van der Waals surface area contributed by atoms with Crippen LogP contribution in [-0.4, -0.2) is 63.4 Å². The van der Waals surface area contributed by atoms with E-state index >= 15 is 0 Å². The first-order valence-electron chi connectivity index (χ1n) is 16.1. The van der Waals surface area contributed by atoms with Crippen molar-refractivity contribution in [3.05, 3.63) is 59.5 Å². The fourth-order valence-electron chi connectivity index (χ4n) is 7.52. The highest BCUT2D eigenvalue weighted by atomic mass is 16.7. The molecule has 232 valence electrons. The highest BCUT2D eigenvalue weighted by Crippen LogP contribution is 2.54. The lowest BCUT2D eigenvalue weighted by Crippen LogP contribution is -2.41. The van der Waals surface area contributed by atoms with E-state index < -0.39 is 5.60 Å². The molecule has 8 nitrogen and oxygen atoms in total. The Morgan fingerprint density at radius 1 is 0.932 bits per heavy atom. The first-order valence-corrected chi connectivity index (χ1v) is 16.1. The number of rotatable bonds is 4. The molecule has 5 heterocycles. The number of ether oxygens (including phenoxy) is 1. The SMILES string of the molecule is CN1C2CCC1c1c(-c3ccc(-c4cnc([C@@H]5CCCN5C(=O)OC(C)(C)C)[nH]4)cc3)ccc(B3OC(C)(C)C(C)(C)O3)c12. The van der Waals surface area contributed by atoms with E-state index in [0.717, 1.165) is 36.3 Å². The van der Waals surface area contributed by atoms with Crippen LogP contribution >= 0.6 is 0 Å². The van der Waals surface area contributed by atoms with Crippen LogP contribution in [0, 0.1) is 0 Å². The summed E-state index contributed by atoms with van der Waals surface area (Å²) in [5.41, 5.74) is 7.23. The third-order valence-corrected chi connectivity index (χ3v) is 10.5. The lowest BCUT2D eigenvalue weighted by molar-refractivity contribution is 0.00578. The van der Waals surface area contributed by atoms with Gasteiger partial charge in [-0.3, -0.25) is 9.80 Å². The van der Waals surface area contributed by atoms with Gasteiger partial charge in [0, 0.05) is 18.6 Å². The van der Waals surface area contributed by atoms with Gasteiger partial charge in [0.1, 0.15) is 11.4 Å². The van der Waals surface area contributed by atoms with E-state index in [1.807, 2.05) is 27.0 Å². The summed E-state index contributed by atoms with van der Waals surface area (Å²) in [6.45, 7) is 14.9. The predicted molar refractivity (Wildman–Crippen MR) is 173 cm³/mol. The highest BCUT2D eigenvalue weighted by molar-refractivity contribution is 6.62. The van der Waals surface area contributed by atoms with Crippen LogP contribution in [0.5, 0.6) is 0 Å². The molecule has 3 fully saturated rings. The molecule has 2 aromatic carbocycles. The molecule has 3 aromatic rings. The van der Waals surface area contributed by atoms with Crippen LogP contribution < -0.4 is 5.46 Å². The van der Waals surface area contributed by atoms with Gasteiger partial charge in [0.05, 0.1) is 29.1 Å². The molecule has 0 aliphatic carbocycles. The second kappa shape index (κ2) is 10.2. The number of fused-ring (bicyclic) bond motifs is 5. The average molecular weight is 597 g/mol. The molecular formula is C35H45BN4O4. The van der Waals surface area contributed by atoms with E-state index in [1.165, 1.54) is 34.1 Å². The van der Waals surface area contributed by atoms with Crippen LogP contribution in [-0.2, 0) is 14.0 Å². The summed E-state index contributed by atoms with van der Waals surface area (Å²) in [5, 5.41) is 0. The number of amides is 1. The van der Waals surface area contributed by atoms with Crippen LogP contribution in [0.3, 0.4) is 0 Å². The number of benzene rings is 2. The molecule has 2 bridgehead atoms. The van der Waals surface area contributed by atoms with Crippen LogP contribution in [0.2, 0.25) is 0 Å². The number of aromatic amines is 1. The Morgan fingerprint density at radius 3 is 2.23 bits per heavy atom. The standard InChI is InChI=1S/C35H45BN4O4/c1-33(2,3)42-32(41)40-19-9-10-28(40)31-37-20-25(38-31)22-13-11-21(12-14-22)23-15-16-24(36-43-34(4,5)35(6,7)44-36)30-27-18-17-26(29(23)30)39(27)8/h11-16,20,26-28H,9-10,17-19H2,1-8H3,(H,37,38)/t26?,27?,28-/m0/s1. The second-order valence-corrected chi connectivity index (χ2v) is 15.0. The van der Waals surface area contributed by atoms with Crippen molar-refractivity contribution in [1.29, 1.82) is 0 Å². The number of imidazole rings is 1. The van der Waals surface area contributed by atoms with Gasteiger partial charge in [-0.2, -0.15) is 0 Å². The van der Waals surface area contributed by atoms with Gasteiger partial charge in [-0.05, 0) is 114 Å². The fourth-order valence-corrected chi connectivity index (χ4v) is 7.52. The monoisotopic (exact) mass is 596 g/mol. The number of aromatic nitrogens is 2. The zero-order valence-electron chi connectivity index (χ0n) is 27.4. The molecule has 0 spiro atoms. The van der Waals surface area contributed by atoms with Gasteiger partial charge >= 0.3 is 13.2 Å². The summed E-state index contributed by atoms with van der Waals surface area (Å²) in [5.74, 6) is 0.808. The molecule has 2 unspecified atom stereocenters. The number of H-pyrrole nitrogens is 1. The molecule has 1 aromatic heterocycles. The minimum Gasteiger partial charge on any atom is -0.444 e. The Labute approximate surface area is 261 Å². The van der Waals surface area contributed by atoms with Gasteiger partial charge in [-0.15, -0.1) is 0 Å². The van der Waals surface area contributed by atoms with Gasteiger partial charge in [0.25, 0.3) is 0 Å². The number of hydrogen-bond acceptors (Lipinski definition) is 6. The number of likely N-dealkylation sites (tertiary alicyclic amines) is 1. The second-order valence-electron chi connectivity index (χ2n) is 15.0. The normalized spacial score (nSPS) is 25.6. The molecule has 7 rings (SSSR count). The van der Waals surface area contributed by atoms with Crippen molar-refractivity contribution in [3.8, 4) is 22.4 Å². The van der Waals surface area contributed by atoms with Crippen molar-refractivity contribution in [2.75, 3.05) is 13.6 Å². The van der Waals surface area contributed by atoms with E-state index in [-0.39, 0.29) is 30.5 Å². The topological polar surface area (TPSA) is 79.9 Å². The quantitative estimate of drug-likeness (QED) is 0.329. The van der Waals surface area contributed by atoms with E-state index in [9.17, 15) is 4.79 Å². The number of carbonyl (C=O) groups is 1. The molecule has 9 heteroatoms. The molecule has 4 aliphatic rings. The number of nitrogens with zero attached hydrogens (tertiary/aromatic N) is 3. The van der Waals surface area contributed by atoms with Crippen LogP contribution in [0.25, 0.3) is 22.4 Å². The van der Waals surface area contributed by atoms with E-state index in [1.54, 1.807) is 4.90 Å². The summed E-state index contributed by atoms with van der Waals surface area (Å²) >= 11 is 0. The van der Waals surface area contributed by atoms with Crippen LogP contribution in [0.15, 0.2) is 42.6 Å². The smallest absolute Gasteiger partial charge is 0.444 e. The summed E-state index contributed by atoms with van der Waals surface area (Å²) in [7, 11) is 1.89. The summed E-state index contributed by atoms with van der Waals surface area (Å²) in [4.78, 5) is 25.4. The van der Waals surface area contributed by atoms with Gasteiger partial charge in [-0.1, -0.05) is 36.4 Å². The third kappa shape index (κ3) is 4.79. The molecule has 1 N–H and O–H groups in total. The largest absolute Gasteiger partial charge is 0.495 e. The molecule has 3 saturated heterocycles. The lowest BCUT2D eigenvalue weighted by atomic mass is 9.70. The molecule has 0 saturated carbocycles. The zero-order valence-corrected chi connectivity index (χ0v) is 27.4. The summed E-state index contributed by atoms with van der Waals surface area (Å²) in [6.07, 6.45) is 5.74. The highest BCUT2D eigenvalue weighted by Gasteiger charge is 2.54. The van der Waals surface area contributed by atoms with Crippen molar-refractivity contribution in [2.24, 2.45) is 0 Å². The maximum Gasteiger partial charge on any atom is 0.495 e. The molecule has 0 radical (unpaired) electrons. The van der Waals surface area contributed by atoms with Gasteiger partial charge in [0.15, 0.2) is 0 Å². The Balaban J connectivity index is 1.16. The average Bonchev–Trinajstić information content (AvgIpc) is 3.77. The molecule has 1 amide bonds. The first-order chi connectivity index (χ1) is 20.7. The van der Waals surface area contributed by atoms with Crippen LogP contribution in [0.1, 0.15) is 109 Å². The first kappa shape index (κ1) is 29.6. The number of carbonyl (C=O) groups excluding carboxylic acids is 1. The maximum absolute atomic E-state index is 12.8. The molecule has 44 heavy (non-hydrogen) atoms. The van der Waals surface area contributed by atoms with Crippen molar-refractivity contribution >= 4 is 18.7 Å². The molecule has 4 aliphatic heterocycles. The zero-order chi connectivity index (χ0) is 31.2. The van der Waals surface area contributed by atoms with Gasteiger partial charge in [-0.25, -0.2) is 9.78 Å². The van der Waals surface area contributed by atoms with E-state index in [4.69, 9.17) is 19.0 Å². The van der Waals surface area contributed by atoms with Gasteiger partial charge < -0.3 is 19.0 Å². The van der Waals surface area contributed by atoms with E-state index in [0.29, 0.717) is 18.6 Å². The van der Waals surface area contributed by atoms with Crippen molar-refractivity contribution < 1.29 is 18.8 Å². The molecule has 3 atom stereocenters. The third-order valence-electron chi connectivity index (χ3n) is 10.5. The Kier molecular flexibility index (Phi) is 6.85. The predicted octanol–water partition coefficient (Wildman–Crippen LogP) is 6.94. The van der Waals surface area contributed by atoms with Crippen molar-refractivity contribution in [3.63, 3.8) is 0 Å². The number of nitrogens with one attached hydrogen (secondary N) is 1. The van der Waals surface area contributed by atoms with Crippen molar-refractivity contribution in [2.45, 2.75) is 109 Å².